The van der Waals surface area contributed by atoms with Crippen molar-refractivity contribution in [2.24, 2.45) is 17.3 Å². The van der Waals surface area contributed by atoms with Crippen LogP contribution in [0.3, 0.4) is 0 Å². The van der Waals surface area contributed by atoms with Crippen LogP contribution in [0.2, 0.25) is 0 Å². The SMILES string of the molecule is CC(C)N(C(=O)c1cc(F)ccc1Oc1nncnc1N1CC2(CCN(CC3CCC4(CC3)C[C@H](C(C)(C)O)C(=O)N4)CC2)C1)C(C)C. The van der Waals surface area contributed by atoms with Crippen LogP contribution in [0.4, 0.5) is 10.2 Å². The standard InChI is InChI=1S/C36H52FN7O4/c1-23(2)44(24(3)4)33(46)27-17-26(37)7-8-29(27)48-32-30(38-22-39-41-32)43-20-35(21-43)13-15-42(16-14-35)19-25-9-11-36(12-10-25)18-28(31(45)40-36)34(5,6)47/h7-8,17,22-25,28,47H,9-16,18-21H2,1-6H3,(H,40,45)/t25?,28-,36?/m0/s1. The van der Waals surface area contributed by atoms with Gasteiger partial charge in [0.1, 0.15) is 17.9 Å². The average molecular weight is 666 g/mol. The summed E-state index contributed by atoms with van der Waals surface area (Å²) in [6.07, 6.45) is 8.53. The molecule has 4 fully saturated rings. The van der Waals surface area contributed by atoms with Crippen molar-refractivity contribution >= 4 is 17.6 Å². The van der Waals surface area contributed by atoms with Crippen molar-refractivity contribution in [1.82, 2.24) is 30.3 Å². The van der Waals surface area contributed by atoms with Crippen LogP contribution in [-0.2, 0) is 4.79 Å². The molecule has 4 heterocycles. The monoisotopic (exact) mass is 665 g/mol. The first-order valence-electron chi connectivity index (χ1n) is 17.7. The maximum absolute atomic E-state index is 14.4. The maximum Gasteiger partial charge on any atom is 0.282 e. The summed E-state index contributed by atoms with van der Waals surface area (Å²) in [6.45, 7) is 16.1. The van der Waals surface area contributed by atoms with E-state index in [2.05, 4.69) is 30.3 Å². The van der Waals surface area contributed by atoms with Crippen LogP contribution in [0.1, 0.15) is 96.8 Å². The normalized spacial score (nSPS) is 25.9. The van der Waals surface area contributed by atoms with E-state index in [-0.39, 0.29) is 58.0 Å². The molecule has 12 heteroatoms. The number of carbonyl (C=O) groups is 2. The molecule has 262 valence electrons. The van der Waals surface area contributed by atoms with Gasteiger partial charge in [-0.05, 0) is 124 Å². The van der Waals surface area contributed by atoms with E-state index in [1.165, 1.54) is 24.5 Å². The number of likely N-dealkylation sites (tertiary alicyclic amines) is 1. The highest BCUT2D eigenvalue weighted by Crippen LogP contribution is 2.46. The molecule has 1 saturated carbocycles. The van der Waals surface area contributed by atoms with E-state index in [0.717, 1.165) is 77.7 Å². The van der Waals surface area contributed by atoms with Gasteiger partial charge in [0, 0.05) is 42.7 Å². The minimum atomic E-state index is -0.987. The van der Waals surface area contributed by atoms with Crippen LogP contribution >= 0.6 is 0 Å². The number of ether oxygens (including phenoxy) is 1. The smallest absolute Gasteiger partial charge is 0.282 e. The first-order valence-corrected chi connectivity index (χ1v) is 17.7. The van der Waals surface area contributed by atoms with Gasteiger partial charge in [-0.3, -0.25) is 9.59 Å². The lowest BCUT2D eigenvalue weighted by Crippen LogP contribution is -2.61. The minimum absolute atomic E-state index is 0.00294. The van der Waals surface area contributed by atoms with Gasteiger partial charge in [-0.25, -0.2) is 9.37 Å². The summed E-state index contributed by atoms with van der Waals surface area (Å²) in [5, 5.41) is 21.9. The maximum atomic E-state index is 14.4. The Morgan fingerprint density at radius 1 is 1.12 bits per heavy atom. The number of hydrogen-bond donors (Lipinski definition) is 2. The van der Waals surface area contributed by atoms with Crippen LogP contribution < -0.4 is 15.0 Å². The molecule has 0 unspecified atom stereocenters. The lowest BCUT2D eigenvalue weighted by atomic mass is 9.71. The molecule has 1 aliphatic carbocycles. The summed E-state index contributed by atoms with van der Waals surface area (Å²) in [6, 6.07) is 3.82. The Kier molecular flexibility index (Phi) is 9.45. The number of nitrogens with zero attached hydrogens (tertiary/aromatic N) is 6. The Labute approximate surface area is 283 Å². The largest absolute Gasteiger partial charge is 0.434 e. The third-order valence-electron chi connectivity index (χ3n) is 11.3. The molecule has 2 aromatic rings. The molecule has 2 N–H and O–H groups in total. The Hall–Kier alpha value is -3.38. The zero-order valence-corrected chi connectivity index (χ0v) is 29.3. The number of amides is 2. The van der Waals surface area contributed by atoms with Gasteiger partial charge in [0.25, 0.3) is 11.8 Å². The van der Waals surface area contributed by atoms with E-state index >= 15 is 0 Å². The number of anilines is 1. The predicted molar refractivity (Wildman–Crippen MR) is 180 cm³/mol. The first-order chi connectivity index (χ1) is 22.7. The van der Waals surface area contributed by atoms with Gasteiger partial charge in [0.15, 0.2) is 5.82 Å². The van der Waals surface area contributed by atoms with E-state index in [1.54, 1.807) is 18.7 Å². The lowest BCUT2D eigenvalue weighted by molar-refractivity contribution is -0.129. The van der Waals surface area contributed by atoms with Crippen LogP contribution in [0.25, 0.3) is 0 Å². The second kappa shape index (κ2) is 13.2. The molecular formula is C36H52FN7O4. The van der Waals surface area contributed by atoms with Crippen molar-refractivity contribution in [3.63, 3.8) is 0 Å². The van der Waals surface area contributed by atoms with Gasteiger partial charge in [-0.2, -0.15) is 0 Å². The quantitative estimate of drug-likeness (QED) is 0.389. The summed E-state index contributed by atoms with van der Waals surface area (Å²) >= 11 is 0. The third-order valence-corrected chi connectivity index (χ3v) is 11.3. The Bertz CT molecular complexity index is 1480. The van der Waals surface area contributed by atoms with Gasteiger partial charge in [0.2, 0.25) is 5.91 Å². The molecule has 1 aromatic heterocycles. The van der Waals surface area contributed by atoms with Crippen molar-refractivity contribution in [3.8, 4) is 11.6 Å². The van der Waals surface area contributed by atoms with Crippen molar-refractivity contribution in [1.29, 1.82) is 0 Å². The van der Waals surface area contributed by atoms with Crippen LogP contribution in [0, 0.1) is 23.1 Å². The number of rotatable bonds is 9. The predicted octanol–water partition coefficient (Wildman–Crippen LogP) is 4.80. The van der Waals surface area contributed by atoms with E-state index in [0.29, 0.717) is 11.7 Å². The molecule has 3 saturated heterocycles. The number of piperidine rings is 1. The van der Waals surface area contributed by atoms with Crippen molar-refractivity contribution in [2.75, 3.05) is 37.6 Å². The highest BCUT2D eigenvalue weighted by Gasteiger charge is 2.51. The molecule has 11 nitrogen and oxygen atoms in total. The fourth-order valence-corrected chi connectivity index (χ4v) is 8.61. The Morgan fingerprint density at radius 3 is 2.40 bits per heavy atom. The second-order valence-corrected chi connectivity index (χ2v) is 16.0. The summed E-state index contributed by atoms with van der Waals surface area (Å²) in [4.78, 5) is 37.1. The zero-order chi connectivity index (χ0) is 34.4. The first kappa shape index (κ1) is 34.5. The summed E-state index contributed by atoms with van der Waals surface area (Å²) in [5.41, 5.74) is -0.782. The van der Waals surface area contributed by atoms with E-state index < -0.39 is 11.4 Å². The highest BCUT2D eigenvalue weighted by molar-refractivity contribution is 5.97. The molecule has 6 rings (SSSR count). The summed E-state index contributed by atoms with van der Waals surface area (Å²) in [5.74, 6) is 0.487. The number of hydrogen-bond acceptors (Lipinski definition) is 9. The van der Waals surface area contributed by atoms with Crippen LogP contribution in [-0.4, -0.2) is 97.8 Å². The molecule has 48 heavy (non-hydrogen) atoms. The van der Waals surface area contributed by atoms with Crippen LogP contribution in [0.15, 0.2) is 24.5 Å². The average Bonchev–Trinajstić information content (AvgIpc) is 3.34. The topological polar surface area (TPSA) is 124 Å². The minimum Gasteiger partial charge on any atom is -0.434 e. The molecule has 1 aromatic carbocycles. The van der Waals surface area contributed by atoms with Gasteiger partial charge in [0.05, 0.1) is 17.1 Å². The number of aromatic nitrogens is 3. The van der Waals surface area contributed by atoms with Crippen LogP contribution in [0.5, 0.6) is 11.6 Å². The van der Waals surface area contributed by atoms with Gasteiger partial charge in [-0.1, -0.05) is 0 Å². The number of benzene rings is 1. The van der Waals surface area contributed by atoms with Crippen molar-refractivity contribution in [3.05, 3.63) is 35.9 Å². The zero-order valence-electron chi connectivity index (χ0n) is 29.3. The van der Waals surface area contributed by atoms with Crippen molar-refractivity contribution in [2.45, 2.75) is 110 Å². The number of aliphatic hydroxyl groups is 1. The molecule has 1 atom stereocenters. The number of nitrogens with one attached hydrogen (secondary N) is 1. The van der Waals surface area contributed by atoms with E-state index in [1.807, 2.05) is 27.7 Å². The third kappa shape index (κ3) is 7.01. The summed E-state index contributed by atoms with van der Waals surface area (Å²) < 4.78 is 20.6. The van der Waals surface area contributed by atoms with Gasteiger partial charge in [-0.15, -0.1) is 10.2 Å². The number of carbonyl (C=O) groups excluding carboxylic acids is 2. The van der Waals surface area contributed by atoms with Crippen molar-refractivity contribution < 1.29 is 23.8 Å². The van der Waals surface area contributed by atoms with E-state index in [9.17, 15) is 19.1 Å². The molecule has 2 spiro atoms. The summed E-state index contributed by atoms with van der Waals surface area (Å²) in [7, 11) is 0. The Morgan fingerprint density at radius 2 is 1.79 bits per heavy atom. The molecular weight excluding hydrogens is 613 g/mol. The van der Waals surface area contributed by atoms with E-state index in [4.69, 9.17) is 4.74 Å². The number of halogens is 1. The van der Waals surface area contributed by atoms with Gasteiger partial charge >= 0.3 is 0 Å². The second-order valence-electron chi connectivity index (χ2n) is 16.0. The lowest BCUT2D eigenvalue weighted by Gasteiger charge is -2.54. The molecule has 4 aliphatic rings. The van der Waals surface area contributed by atoms with Gasteiger partial charge < -0.3 is 29.9 Å². The molecule has 0 bridgehead atoms. The molecule has 2 amide bonds. The highest BCUT2D eigenvalue weighted by atomic mass is 19.1. The Balaban J connectivity index is 1.03. The molecule has 3 aliphatic heterocycles. The fraction of sp³-hybridized carbons (Fsp3) is 0.694. The fourth-order valence-electron chi connectivity index (χ4n) is 8.61. The molecule has 0 radical (unpaired) electrons.